The summed E-state index contributed by atoms with van der Waals surface area (Å²) in [6, 6.07) is 0.0391. The number of aliphatic hydroxyl groups is 1. The van der Waals surface area contributed by atoms with Crippen molar-refractivity contribution in [1.29, 1.82) is 0 Å². The number of rotatable bonds is 2. The number of alkyl carbamates (subject to hydrolysis) is 2. The molecular weight excluding hydrogens is 364 g/mol. The highest BCUT2D eigenvalue weighted by atomic mass is 16.6. The molecule has 3 atom stereocenters. The van der Waals surface area contributed by atoms with E-state index in [4.69, 9.17) is 9.47 Å². The van der Waals surface area contributed by atoms with E-state index in [1.54, 1.807) is 0 Å². The maximum absolute atomic E-state index is 11.3. The lowest BCUT2D eigenvalue weighted by molar-refractivity contribution is -0.117. The zero-order valence-electron chi connectivity index (χ0n) is 18.0. The van der Waals surface area contributed by atoms with Gasteiger partial charge in [0.15, 0.2) is 0 Å². The van der Waals surface area contributed by atoms with Gasteiger partial charge in [-0.05, 0) is 67.2 Å². The molecule has 0 aromatic rings. The molecule has 0 heterocycles. The number of carbonyl (C=O) groups is 3. The quantitative estimate of drug-likeness (QED) is 0.656. The first-order valence-corrected chi connectivity index (χ1v) is 9.92. The molecule has 0 saturated heterocycles. The molecule has 0 aromatic heterocycles. The van der Waals surface area contributed by atoms with Gasteiger partial charge in [0.05, 0.1) is 6.10 Å². The number of nitrogens with one attached hydrogen (secondary N) is 2. The third-order valence-electron chi connectivity index (χ3n) is 4.09. The highest BCUT2D eigenvalue weighted by Crippen LogP contribution is 2.19. The molecule has 8 nitrogen and oxygen atoms in total. The van der Waals surface area contributed by atoms with Crippen molar-refractivity contribution in [2.75, 3.05) is 0 Å². The van der Waals surface area contributed by atoms with Crippen molar-refractivity contribution in [3.05, 3.63) is 0 Å². The molecule has 3 N–H and O–H groups in total. The van der Waals surface area contributed by atoms with Crippen molar-refractivity contribution >= 4 is 18.0 Å². The van der Waals surface area contributed by atoms with E-state index in [-0.39, 0.29) is 24.0 Å². The minimum atomic E-state index is -0.479. The van der Waals surface area contributed by atoms with E-state index in [2.05, 4.69) is 10.6 Å². The Morgan fingerprint density at radius 3 is 1.75 bits per heavy atom. The number of carbonyl (C=O) groups excluding carboxylic acids is 3. The zero-order valence-corrected chi connectivity index (χ0v) is 18.0. The molecule has 2 saturated carbocycles. The lowest BCUT2D eigenvalue weighted by atomic mass is 10.2. The molecule has 0 aromatic carbocycles. The zero-order chi connectivity index (χ0) is 21.5. The van der Waals surface area contributed by atoms with Crippen molar-refractivity contribution in [2.45, 2.75) is 109 Å². The van der Waals surface area contributed by atoms with E-state index in [0.717, 1.165) is 19.3 Å². The fourth-order valence-corrected chi connectivity index (χ4v) is 2.97. The summed E-state index contributed by atoms with van der Waals surface area (Å²) in [7, 11) is 0. The molecule has 0 bridgehead atoms. The van der Waals surface area contributed by atoms with Crippen LogP contribution >= 0.6 is 0 Å². The summed E-state index contributed by atoms with van der Waals surface area (Å²) in [5.74, 6) is 0.214. The molecule has 0 spiro atoms. The Kier molecular flexibility index (Phi) is 8.73. The minimum Gasteiger partial charge on any atom is -0.444 e. The van der Waals surface area contributed by atoms with Gasteiger partial charge in [0, 0.05) is 24.9 Å². The Bertz CT molecular complexity index is 550. The topological polar surface area (TPSA) is 114 Å². The molecule has 8 heteroatoms. The summed E-state index contributed by atoms with van der Waals surface area (Å²) < 4.78 is 10.2. The highest BCUT2D eigenvalue weighted by Gasteiger charge is 2.27. The highest BCUT2D eigenvalue weighted by molar-refractivity contribution is 5.82. The van der Waals surface area contributed by atoms with Crippen LogP contribution < -0.4 is 10.6 Å². The maximum atomic E-state index is 11.3. The van der Waals surface area contributed by atoms with Crippen LogP contribution in [0.25, 0.3) is 0 Å². The van der Waals surface area contributed by atoms with E-state index in [0.29, 0.717) is 19.3 Å². The molecule has 2 amide bonds. The van der Waals surface area contributed by atoms with Crippen LogP contribution in [0, 0.1) is 0 Å². The molecule has 0 aliphatic heterocycles. The normalized spacial score (nSPS) is 24.8. The molecule has 1 unspecified atom stereocenters. The van der Waals surface area contributed by atoms with Crippen LogP contribution in [0.5, 0.6) is 0 Å². The number of amides is 2. The van der Waals surface area contributed by atoms with Crippen LogP contribution in [0.15, 0.2) is 0 Å². The SMILES string of the molecule is CC(C)(C)OC(=O)N[C@@H]1CCC(=O)C1.CC(C)(C)OC(=O)N[C@@H]1CCC(O)C1. The average Bonchev–Trinajstić information content (AvgIpc) is 3.04. The Balaban J connectivity index is 0.000000280. The van der Waals surface area contributed by atoms with Gasteiger partial charge >= 0.3 is 12.2 Å². The molecular formula is C20H36N2O6. The second-order valence-corrected chi connectivity index (χ2v) is 9.43. The van der Waals surface area contributed by atoms with Gasteiger partial charge in [0.25, 0.3) is 0 Å². The van der Waals surface area contributed by atoms with Gasteiger partial charge in [0.1, 0.15) is 17.0 Å². The first-order chi connectivity index (χ1) is 12.7. The van der Waals surface area contributed by atoms with E-state index < -0.39 is 23.4 Å². The molecule has 2 fully saturated rings. The van der Waals surface area contributed by atoms with Crippen LogP contribution in [0.2, 0.25) is 0 Å². The summed E-state index contributed by atoms with van der Waals surface area (Å²) in [6.07, 6.45) is 2.89. The minimum absolute atomic E-state index is 0.0302. The number of Topliss-reactive ketones (excluding diaryl/α,β-unsaturated/α-hetero) is 1. The summed E-state index contributed by atoms with van der Waals surface area (Å²) in [4.78, 5) is 33.5. The van der Waals surface area contributed by atoms with Gasteiger partial charge in [0.2, 0.25) is 0 Å². The Morgan fingerprint density at radius 1 is 0.893 bits per heavy atom. The second-order valence-electron chi connectivity index (χ2n) is 9.43. The van der Waals surface area contributed by atoms with Crippen molar-refractivity contribution < 1.29 is 29.0 Å². The van der Waals surface area contributed by atoms with Gasteiger partial charge < -0.3 is 25.2 Å². The largest absolute Gasteiger partial charge is 0.444 e. The van der Waals surface area contributed by atoms with E-state index in [9.17, 15) is 19.5 Å². The second kappa shape index (κ2) is 10.1. The summed E-state index contributed by atoms with van der Waals surface area (Å²) >= 11 is 0. The monoisotopic (exact) mass is 400 g/mol. The van der Waals surface area contributed by atoms with Crippen molar-refractivity contribution in [3.63, 3.8) is 0 Å². The standard InChI is InChI=1S/C10H19NO3.C10H17NO3/c2*1-10(2,3)14-9(13)11-7-4-5-8(12)6-7/h7-8,12H,4-6H2,1-3H3,(H,11,13);7H,4-6H2,1-3H3,(H,11,13)/t7-,8?;7-/m11/s1. The van der Waals surface area contributed by atoms with Gasteiger partial charge in [-0.3, -0.25) is 4.79 Å². The van der Waals surface area contributed by atoms with E-state index in [1.165, 1.54) is 0 Å². The van der Waals surface area contributed by atoms with E-state index >= 15 is 0 Å². The maximum Gasteiger partial charge on any atom is 0.407 e. The Labute approximate surface area is 167 Å². The predicted molar refractivity (Wildman–Crippen MR) is 105 cm³/mol. The van der Waals surface area contributed by atoms with Crippen molar-refractivity contribution in [2.24, 2.45) is 0 Å². The van der Waals surface area contributed by atoms with Gasteiger partial charge in [-0.2, -0.15) is 0 Å². The number of hydrogen-bond donors (Lipinski definition) is 3. The summed E-state index contributed by atoms with van der Waals surface area (Å²) in [6.45, 7) is 10.9. The fraction of sp³-hybridized carbons (Fsp3) is 0.850. The van der Waals surface area contributed by atoms with Crippen molar-refractivity contribution in [3.8, 4) is 0 Å². The smallest absolute Gasteiger partial charge is 0.407 e. The molecule has 28 heavy (non-hydrogen) atoms. The van der Waals surface area contributed by atoms with Gasteiger partial charge in [-0.15, -0.1) is 0 Å². The Morgan fingerprint density at radius 2 is 1.39 bits per heavy atom. The first-order valence-electron chi connectivity index (χ1n) is 9.92. The summed E-state index contributed by atoms with van der Waals surface area (Å²) in [5, 5.41) is 14.7. The number of hydrogen-bond acceptors (Lipinski definition) is 6. The van der Waals surface area contributed by atoms with Crippen LogP contribution in [-0.4, -0.2) is 52.5 Å². The molecule has 2 rings (SSSR count). The molecule has 2 aliphatic carbocycles. The van der Waals surface area contributed by atoms with Crippen LogP contribution in [0.3, 0.4) is 0 Å². The van der Waals surface area contributed by atoms with Crippen LogP contribution in [0.1, 0.15) is 80.1 Å². The lowest BCUT2D eigenvalue weighted by Gasteiger charge is -2.21. The third-order valence-corrected chi connectivity index (χ3v) is 4.09. The van der Waals surface area contributed by atoms with Crippen molar-refractivity contribution in [1.82, 2.24) is 10.6 Å². The van der Waals surface area contributed by atoms with Gasteiger partial charge in [-0.25, -0.2) is 9.59 Å². The van der Waals surface area contributed by atoms with Crippen LogP contribution in [-0.2, 0) is 14.3 Å². The third kappa shape index (κ3) is 11.1. The summed E-state index contributed by atoms with van der Waals surface area (Å²) in [5.41, 5.74) is -0.937. The average molecular weight is 401 g/mol. The van der Waals surface area contributed by atoms with Crippen LogP contribution in [0.4, 0.5) is 9.59 Å². The fourth-order valence-electron chi connectivity index (χ4n) is 2.97. The number of ketones is 1. The number of ether oxygens (including phenoxy) is 2. The van der Waals surface area contributed by atoms with E-state index in [1.807, 2.05) is 41.5 Å². The lowest BCUT2D eigenvalue weighted by Crippen LogP contribution is -2.38. The Hall–Kier alpha value is -1.83. The number of aliphatic hydroxyl groups excluding tert-OH is 1. The molecule has 0 radical (unpaired) electrons. The van der Waals surface area contributed by atoms with Gasteiger partial charge in [-0.1, -0.05) is 0 Å². The molecule has 2 aliphatic rings. The predicted octanol–water partition coefficient (Wildman–Crippen LogP) is 3.06. The first kappa shape index (κ1) is 24.2. The molecule has 162 valence electrons.